The molecule has 0 radical (unpaired) electrons. The monoisotopic (exact) mass is 233 g/mol. The highest BCUT2D eigenvalue weighted by Crippen LogP contribution is 2.39. The Balaban J connectivity index is 2.12. The minimum atomic E-state index is -0.326. The van der Waals surface area contributed by atoms with Gasteiger partial charge < -0.3 is 5.11 Å². The smallest absolute Gasteiger partial charge is 0.0835 e. The van der Waals surface area contributed by atoms with E-state index in [2.05, 4.69) is 11.9 Å². The fourth-order valence-electron chi connectivity index (χ4n) is 3.06. The van der Waals surface area contributed by atoms with Crippen LogP contribution in [0.4, 0.5) is 0 Å². The van der Waals surface area contributed by atoms with Crippen LogP contribution in [0.25, 0.3) is 0 Å². The van der Waals surface area contributed by atoms with E-state index in [9.17, 15) is 5.11 Å². The predicted molar refractivity (Wildman–Crippen MR) is 69.7 cm³/mol. The maximum atomic E-state index is 10.5. The van der Waals surface area contributed by atoms with Gasteiger partial charge in [0.05, 0.1) is 6.10 Å². The molecule has 1 heterocycles. The Kier molecular flexibility index (Phi) is 4.16. The third kappa shape index (κ3) is 2.86. The number of aromatic nitrogens is 1. The van der Waals surface area contributed by atoms with E-state index >= 15 is 0 Å². The van der Waals surface area contributed by atoms with Gasteiger partial charge in [0, 0.05) is 11.9 Å². The molecule has 17 heavy (non-hydrogen) atoms. The summed E-state index contributed by atoms with van der Waals surface area (Å²) in [5, 5.41) is 10.5. The second-order valence-corrected chi connectivity index (χ2v) is 5.29. The number of aliphatic hydroxyl groups is 1. The molecule has 1 aliphatic carbocycles. The van der Waals surface area contributed by atoms with Crippen LogP contribution < -0.4 is 0 Å². The Labute approximate surface area is 104 Å². The van der Waals surface area contributed by atoms with Crippen molar-refractivity contribution in [2.24, 2.45) is 11.8 Å². The van der Waals surface area contributed by atoms with Crippen LogP contribution in [0.3, 0.4) is 0 Å². The molecular formula is C15H23NO. The van der Waals surface area contributed by atoms with Crippen molar-refractivity contribution < 1.29 is 5.11 Å². The summed E-state index contributed by atoms with van der Waals surface area (Å²) in [6.07, 6.45) is 7.71. The van der Waals surface area contributed by atoms with Gasteiger partial charge in [0.2, 0.25) is 0 Å². The van der Waals surface area contributed by atoms with Crippen LogP contribution in [0.15, 0.2) is 18.3 Å². The van der Waals surface area contributed by atoms with Gasteiger partial charge in [0.1, 0.15) is 0 Å². The van der Waals surface area contributed by atoms with Crippen LogP contribution in [-0.4, -0.2) is 10.1 Å². The molecule has 2 rings (SSSR count). The third-order valence-electron chi connectivity index (χ3n) is 4.17. The molecule has 3 unspecified atom stereocenters. The molecule has 0 bridgehead atoms. The molecular weight excluding hydrogens is 210 g/mol. The molecule has 94 valence electrons. The van der Waals surface area contributed by atoms with Crippen molar-refractivity contribution in [2.75, 3.05) is 0 Å². The molecule has 1 aromatic heterocycles. The van der Waals surface area contributed by atoms with Crippen LogP contribution in [0.1, 0.15) is 56.4 Å². The first-order valence-corrected chi connectivity index (χ1v) is 6.83. The third-order valence-corrected chi connectivity index (χ3v) is 4.17. The van der Waals surface area contributed by atoms with Crippen molar-refractivity contribution in [3.8, 4) is 0 Å². The van der Waals surface area contributed by atoms with Crippen molar-refractivity contribution in [2.45, 2.75) is 52.1 Å². The maximum absolute atomic E-state index is 10.5. The molecule has 0 saturated heterocycles. The van der Waals surface area contributed by atoms with Gasteiger partial charge in [-0.15, -0.1) is 0 Å². The summed E-state index contributed by atoms with van der Waals surface area (Å²) in [6.45, 7) is 4.22. The lowest BCUT2D eigenvalue weighted by Crippen LogP contribution is -2.25. The molecule has 0 aromatic carbocycles. The van der Waals surface area contributed by atoms with Crippen molar-refractivity contribution >= 4 is 0 Å². The zero-order valence-corrected chi connectivity index (χ0v) is 10.9. The summed E-state index contributed by atoms with van der Waals surface area (Å²) >= 11 is 0. The topological polar surface area (TPSA) is 33.1 Å². The van der Waals surface area contributed by atoms with Gasteiger partial charge in [0.15, 0.2) is 0 Å². The van der Waals surface area contributed by atoms with E-state index in [0.29, 0.717) is 11.8 Å². The lowest BCUT2D eigenvalue weighted by Gasteiger charge is -2.34. The largest absolute Gasteiger partial charge is 0.388 e. The van der Waals surface area contributed by atoms with Gasteiger partial charge in [-0.25, -0.2) is 0 Å². The molecule has 2 nitrogen and oxygen atoms in total. The normalized spacial score (nSPS) is 26.8. The highest BCUT2D eigenvalue weighted by molar-refractivity contribution is 5.16. The first kappa shape index (κ1) is 12.6. The molecule has 1 saturated carbocycles. The Hall–Kier alpha value is -0.890. The Bertz CT molecular complexity index is 346. The predicted octanol–water partition coefficient (Wildman–Crippen LogP) is 3.64. The lowest BCUT2D eigenvalue weighted by atomic mass is 9.73. The van der Waals surface area contributed by atoms with Crippen molar-refractivity contribution in [1.29, 1.82) is 0 Å². The molecule has 0 spiro atoms. The molecule has 1 aromatic rings. The van der Waals surface area contributed by atoms with E-state index in [1.54, 1.807) is 0 Å². The number of pyridine rings is 1. The number of aliphatic hydroxyl groups excluding tert-OH is 1. The molecule has 3 atom stereocenters. The van der Waals surface area contributed by atoms with Crippen LogP contribution in [-0.2, 0) is 0 Å². The van der Waals surface area contributed by atoms with Gasteiger partial charge >= 0.3 is 0 Å². The highest BCUT2D eigenvalue weighted by Gasteiger charge is 2.30. The summed E-state index contributed by atoms with van der Waals surface area (Å²) < 4.78 is 0. The summed E-state index contributed by atoms with van der Waals surface area (Å²) in [7, 11) is 0. The number of aryl methyl sites for hydroxylation is 1. The van der Waals surface area contributed by atoms with Gasteiger partial charge in [-0.2, -0.15) is 0 Å². The summed E-state index contributed by atoms with van der Waals surface area (Å²) in [4.78, 5) is 4.29. The summed E-state index contributed by atoms with van der Waals surface area (Å²) in [6, 6.07) is 4.01. The van der Waals surface area contributed by atoms with E-state index in [4.69, 9.17) is 0 Å². The average molecular weight is 233 g/mol. The number of hydrogen-bond donors (Lipinski definition) is 1. The van der Waals surface area contributed by atoms with Gasteiger partial charge in [-0.3, -0.25) is 4.98 Å². The van der Waals surface area contributed by atoms with Crippen molar-refractivity contribution in [3.63, 3.8) is 0 Å². The second-order valence-electron chi connectivity index (χ2n) is 5.29. The highest BCUT2D eigenvalue weighted by atomic mass is 16.3. The maximum Gasteiger partial charge on any atom is 0.0835 e. The lowest BCUT2D eigenvalue weighted by molar-refractivity contribution is 0.0449. The van der Waals surface area contributed by atoms with E-state index in [1.165, 1.54) is 25.7 Å². The Morgan fingerprint density at radius 3 is 2.76 bits per heavy atom. The molecule has 2 heteroatoms. The summed E-state index contributed by atoms with van der Waals surface area (Å²) in [5.74, 6) is 1.11. The van der Waals surface area contributed by atoms with E-state index in [0.717, 1.165) is 17.7 Å². The Morgan fingerprint density at radius 2 is 2.12 bits per heavy atom. The van der Waals surface area contributed by atoms with E-state index in [-0.39, 0.29) is 6.10 Å². The molecule has 0 aliphatic heterocycles. The number of hydrogen-bond acceptors (Lipinski definition) is 2. The first-order valence-electron chi connectivity index (χ1n) is 6.83. The molecule has 1 N–H and O–H groups in total. The minimum Gasteiger partial charge on any atom is -0.388 e. The van der Waals surface area contributed by atoms with Crippen molar-refractivity contribution in [3.05, 3.63) is 29.6 Å². The van der Waals surface area contributed by atoms with Crippen LogP contribution in [0.5, 0.6) is 0 Å². The number of rotatable bonds is 3. The van der Waals surface area contributed by atoms with Crippen molar-refractivity contribution in [1.82, 2.24) is 4.98 Å². The molecule has 1 fully saturated rings. The zero-order valence-electron chi connectivity index (χ0n) is 10.9. The second kappa shape index (κ2) is 5.63. The number of nitrogens with zero attached hydrogens (tertiary/aromatic N) is 1. The van der Waals surface area contributed by atoms with E-state index < -0.39 is 0 Å². The zero-order chi connectivity index (χ0) is 12.3. The van der Waals surface area contributed by atoms with Gasteiger partial charge in [0.25, 0.3) is 0 Å². The standard InChI is InChI=1S/C15H23NO/c1-3-12-6-4-5-7-14(12)15(17)13-9-8-11(2)16-10-13/h8-10,12,14-15,17H,3-7H2,1-2H3. The Morgan fingerprint density at radius 1 is 1.35 bits per heavy atom. The molecule has 1 aliphatic rings. The average Bonchev–Trinajstić information content (AvgIpc) is 2.39. The SMILES string of the molecule is CCC1CCCCC1C(O)c1ccc(C)nc1. The minimum absolute atomic E-state index is 0.326. The molecule has 0 amide bonds. The first-order chi connectivity index (χ1) is 8.22. The quantitative estimate of drug-likeness (QED) is 0.864. The van der Waals surface area contributed by atoms with Gasteiger partial charge in [-0.05, 0) is 36.8 Å². The fraction of sp³-hybridized carbons (Fsp3) is 0.667. The van der Waals surface area contributed by atoms with E-state index in [1.807, 2.05) is 25.3 Å². The van der Waals surface area contributed by atoms with Gasteiger partial charge in [-0.1, -0.05) is 38.7 Å². The van der Waals surface area contributed by atoms with Crippen LogP contribution in [0.2, 0.25) is 0 Å². The van der Waals surface area contributed by atoms with Crippen LogP contribution in [0, 0.1) is 18.8 Å². The summed E-state index contributed by atoms with van der Waals surface area (Å²) in [5.41, 5.74) is 2.00. The fourth-order valence-corrected chi connectivity index (χ4v) is 3.06. The van der Waals surface area contributed by atoms with Crippen LogP contribution >= 0.6 is 0 Å².